The summed E-state index contributed by atoms with van der Waals surface area (Å²) in [6.45, 7) is 13.5. The third-order valence-corrected chi connectivity index (χ3v) is 11.9. The zero-order chi connectivity index (χ0) is 32.2. The summed E-state index contributed by atoms with van der Waals surface area (Å²) in [5, 5.41) is 10.8. The van der Waals surface area contributed by atoms with Crippen molar-refractivity contribution in [1.29, 1.82) is 0 Å². The highest BCUT2D eigenvalue weighted by atomic mass is 32.2. The number of benzene rings is 2. The van der Waals surface area contributed by atoms with Crippen LogP contribution in [0, 0.1) is 11.8 Å². The van der Waals surface area contributed by atoms with Crippen LogP contribution in [0.3, 0.4) is 0 Å². The standard InChI is InChI=1S/C37H47N3O4S/c1-5-8-23-38(21-6-2)35(44)32-37-20-19-36(4,45-37)30(33(42)39(22-7-3)25-28-17-13-10-14-18-28)31(37)34(43)40(32)29(26-41)24-27-15-11-9-12-16-27/h6-7,9-18,29-32,41H,2-3,5,8,19-26H2,1,4H3/t29-,30-,31+,32?,36+,37?/m1/s1. The number of aliphatic hydroxyl groups is 1. The van der Waals surface area contributed by atoms with Crippen molar-refractivity contribution in [2.75, 3.05) is 26.2 Å². The van der Waals surface area contributed by atoms with Crippen LogP contribution < -0.4 is 0 Å². The molecular weight excluding hydrogens is 582 g/mol. The average molecular weight is 630 g/mol. The smallest absolute Gasteiger partial charge is 0.247 e. The molecular formula is C37H47N3O4S. The van der Waals surface area contributed by atoms with Gasteiger partial charge in [0.2, 0.25) is 17.7 Å². The SMILES string of the molecule is C=CCN(CCCC)C(=O)C1N([C@@H](CO)Cc2ccccc2)C(=O)[C@@H]2[C@H](C(=O)N(CC=C)Cc3ccccc3)[C@]3(C)CCC12S3. The highest BCUT2D eigenvalue weighted by Gasteiger charge is 2.78. The van der Waals surface area contributed by atoms with E-state index in [1.54, 1.807) is 33.7 Å². The van der Waals surface area contributed by atoms with Crippen molar-refractivity contribution in [2.45, 2.75) is 74.1 Å². The third-order valence-electron chi connectivity index (χ3n) is 9.95. The number of carbonyl (C=O) groups excluding carboxylic acids is 3. The zero-order valence-electron chi connectivity index (χ0n) is 26.6. The van der Waals surface area contributed by atoms with Gasteiger partial charge in [-0.25, -0.2) is 0 Å². The van der Waals surface area contributed by atoms with E-state index in [0.717, 1.165) is 30.4 Å². The molecule has 3 heterocycles. The summed E-state index contributed by atoms with van der Waals surface area (Å²) in [7, 11) is 0. The molecule has 7 nitrogen and oxygen atoms in total. The normalized spacial score (nSPS) is 27.2. The van der Waals surface area contributed by atoms with Crippen LogP contribution in [0.1, 0.15) is 50.7 Å². The molecule has 3 amide bonds. The Morgan fingerprint density at radius 3 is 2.22 bits per heavy atom. The number of rotatable bonds is 15. The largest absolute Gasteiger partial charge is 0.394 e. The highest BCUT2D eigenvalue weighted by molar-refractivity contribution is 8.02. The first-order valence-corrected chi connectivity index (χ1v) is 17.1. The van der Waals surface area contributed by atoms with E-state index in [1.807, 2.05) is 65.6 Å². The van der Waals surface area contributed by atoms with Crippen LogP contribution in [0.15, 0.2) is 86.0 Å². The molecule has 2 aromatic carbocycles. The molecule has 3 fully saturated rings. The van der Waals surface area contributed by atoms with E-state index in [1.165, 1.54) is 0 Å². The first-order chi connectivity index (χ1) is 21.7. The van der Waals surface area contributed by atoms with Gasteiger partial charge in [-0.15, -0.1) is 24.9 Å². The molecule has 45 heavy (non-hydrogen) atoms. The molecule has 2 bridgehead atoms. The van der Waals surface area contributed by atoms with Crippen molar-refractivity contribution < 1.29 is 19.5 Å². The Hall–Kier alpha value is -3.36. The van der Waals surface area contributed by atoms with Gasteiger partial charge in [0.15, 0.2) is 0 Å². The van der Waals surface area contributed by atoms with Gasteiger partial charge >= 0.3 is 0 Å². The molecule has 1 spiro atoms. The molecule has 3 aliphatic rings. The number of fused-ring (bicyclic) bond motifs is 1. The number of carbonyl (C=O) groups is 3. The first kappa shape index (κ1) is 33.0. The molecule has 0 radical (unpaired) electrons. The lowest BCUT2D eigenvalue weighted by Gasteiger charge is -2.39. The van der Waals surface area contributed by atoms with Gasteiger partial charge in [-0.2, -0.15) is 0 Å². The topological polar surface area (TPSA) is 81.2 Å². The number of hydrogen-bond donors (Lipinski definition) is 1. The number of aliphatic hydroxyl groups excluding tert-OH is 1. The number of hydrogen-bond acceptors (Lipinski definition) is 5. The Bertz CT molecular complexity index is 1390. The maximum Gasteiger partial charge on any atom is 0.247 e. The van der Waals surface area contributed by atoms with Gasteiger partial charge in [-0.1, -0.05) is 86.2 Å². The number of unbranched alkanes of at least 4 members (excludes halogenated alkanes) is 1. The van der Waals surface area contributed by atoms with E-state index >= 15 is 0 Å². The zero-order valence-corrected chi connectivity index (χ0v) is 27.5. The molecule has 3 saturated heterocycles. The van der Waals surface area contributed by atoms with Crippen molar-refractivity contribution in [3.63, 3.8) is 0 Å². The Morgan fingerprint density at radius 1 is 1.00 bits per heavy atom. The summed E-state index contributed by atoms with van der Waals surface area (Å²) >= 11 is 1.68. The quantitative estimate of drug-likeness (QED) is 0.278. The second-order valence-corrected chi connectivity index (χ2v) is 14.8. The Kier molecular flexibility index (Phi) is 10.2. The van der Waals surface area contributed by atoms with Gasteiger partial charge in [0.25, 0.3) is 0 Å². The van der Waals surface area contributed by atoms with E-state index in [0.29, 0.717) is 39.0 Å². The Labute approximate surface area is 272 Å². The highest BCUT2D eigenvalue weighted by Crippen LogP contribution is 2.72. The van der Waals surface area contributed by atoms with Crippen LogP contribution in [0.4, 0.5) is 0 Å². The van der Waals surface area contributed by atoms with Gasteiger partial charge < -0.3 is 19.8 Å². The Balaban J connectivity index is 1.57. The molecule has 0 saturated carbocycles. The molecule has 3 aliphatic heterocycles. The molecule has 5 rings (SSSR count). The predicted octanol–water partition coefficient (Wildman–Crippen LogP) is 5.10. The van der Waals surface area contributed by atoms with Crippen LogP contribution in [0.2, 0.25) is 0 Å². The first-order valence-electron chi connectivity index (χ1n) is 16.2. The lowest BCUT2D eigenvalue weighted by atomic mass is 9.66. The molecule has 1 N–H and O–H groups in total. The lowest BCUT2D eigenvalue weighted by molar-refractivity contribution is -0.148. The number of nitrogens with zero attached hydrogens (tertiary/aromatic N) is 3. The fourth-order valence-electron chi connectivity index (χ4n) is 7.91. The maximum atomic E-state index is 14.9. The molecule has 0 aromatic heterocycles. The summed E-state index contributed by atoms with van der Waals surface area (Å²) in [6, 6.07) is 18.3. The van der Waals surface area contributed by atoms with Crippen LogP contribution in [-0.2, 0) is 27.3 Å². The minimum Gasteiger partial charge on any atom is -0.394 e. The lowest BCUT2D eigenvalue weighted by Crippen LogP contribution is -2.58. The monoisotopic (exact) mass is 629 g/mol. The molecule has 2 aromatic rings. The summed E-state index contributed by atoms with van der Waals surface area (Å²) in [4.78, 5) is 49.6. The predicted molar refractivity (Wildman–Crippen MR) is 180 cm³/mol. The van der Waals surface area contributed by atoms with Crippen molar-refractivity contribution >= 4 is 29.5 Å². The second kappa shape index (κ2) is 14.0. The van der Waals surface area contributed by atoms with Crippen LogP contribution >= 0.6 is 11.8 Å². The Morgan fingerprint density at radius 2 is 1.62 bits per heavy atom. The van der Waals surface area contributed by atoms with E-state index in [4.69, 9.17) is 0 Å². The fourth-order valence-corrected chi connectivity index (χ4v) is 10.2. The van der Waals surface area contributed by atoms with Gasteiger partial charge in [0.05, 0.1) is 29.2 Å². The minimum absolute atomic E-state index is 0.0701. The number of amides is 3. The summed E-state index contributed by atoms with van der Waals surface area (Å²) in [5.41, 5.74) is 1.99. The third kappa shape index (κ3) is 6.11. The second-order valence-electron chi connectivity index (χ2n) is 12.9. The van der Waals surface area contributed by atoms with Crippen LogP contribution in [-0.4, -0.2) is 85.3 Å². The average Bonchev–Trinajstić information content (AvgIpc) is 3.62. The van der Waals surface area contributed by atoms with E-state index in [2.05, 4.69) is 27.0 Å². The van der Waals surface area contributed by atoms with Gasteiger partial charge in [-0.05, 0) is 43.7 Å². The van der Waals surface area contributed by atoms with E-state index in [-0.39, 0.29) is 24.3 Å². The van der Waals surface area contributed by atoms with Crippen molar-refractivity contribution in [1.82, 2.24) is 14.7 Å². The van der Waals surface area contributed by atoms with Gasteiger partial charge in [-0.3, -0.25) is 14.4 Å². The van der Waals surface area contributed by atoms with Gasteiger partial charge in [0, 0.05) is 30.9 Å². The molecule has 2 unspecified atom stereocenters. The molecule has 8 heteroatoms. The summed E-state index contributed by atoms with van der Waals surface area (Å²) in [5.74, 6) is -1.62. The van der Waals surface area contributed by atoms with Crippen LogP contribution in [0.5, 0.6) is 0 Å². The van der Waals surface area contributed by atoms with Crippen molar-refractivity contribution in [3.8, 4) is 0 Å². The summed E-state index contributed by atoms with van der Waals surface area (Å²) < 4.78 is -1.25. The van der Waals surface area contributed by atoms with E-state index in [9.17, 15) is 19.5 Å². The number of likely N-dealkylation sites (tertiary alicyclic amines) is 1. The molecule has 0 aliphatic carbocycles. The minimum atomic E-state index is -0.778. The maximum absolute atomic E-state index is 14.9. The fraction of sp³-hybridized carbons (Fsp3) is 0.486. The van der Waals surface area contributed by atoms with E-state index < -0.39 is 33.4 Å². The van der Waals surface area contributed by atoms with Gasteiger partial charge in [0.1, 0.15) is 6.04 Å². The molecule has 240 valence electrons. The van der Waals surface area contributed by atoms with Crippen LogP contribution in [0.25, 0.3) is 0 Å². The van der Waals surface area contributed by atoms with Crippen molar-refractivity contribution in [2.24, 2.45) is 11.8 Å². The summed E-state index contributed by atoms with van der Waals surface area (Å²) in [6.07, 6.45) is 7.06. The van der Waals surface area contributed by atoms with Crippen molar-refractivity contribution in [3.05, 3.63) is 97.1 Å². The number of thioether (sulfide) groups is 1. The molecule has 6 atom stereocenters.